The van der Waals surface area contributed by atoms with E-state index in [9.17, 15) is 18.8 Å². The number of hydrogen-bond acceptors (Lipinski definition) is 4. The Morgan fingerprint density at radius 3 is 2.46 bits per heavy atom. The molecule has 176 valence electrons. The number of nitrogens with one attached hydrogen (secondary N) is 1. The van der Waals surface area contributed by atoms with Gasteiger partial charge in [0.15, 0.2) is 0 Å². The summed E-state index contributed by atoms with van der Waals surface area (Å²) >= 11 is 0. The third-order valence-electron chi connectivity index (χ3n) is 5.70. The van der Waals surface area contributed by atoms with E-state index in [1.807, 2.05) is 0 Å². The van der Waals surface area contributed by atoms with E-state index in [2.05, 4.69) is 11.4 Å². The van der Waals surface area contributed by atoms with Crippen molar-refractivity contribution in [2.45, 2.75) is 25.9 Å². The second-order valence-electron chi connectivity index (χ2n) is 8.23. The van der Waals surface area contributed by atoms with Gasteiger partial charge in [-0.3, -0.25) is 14.4 Å². The van der Waals surface area contributed by atoms with Gasteiger partial charge in [-0.2, -0.15) is 5.26 Å². The van der Waals surface area contributed by atoms with Crippen LogP contribution in [-0.2, 0) is 27.5 Å². The van der Waals surface area contributed by atoms with Gasteiger partial charge in [0.2, 0.25) is 17.7 Å². The van der Waals surface area contributed by atoms with Crippen LogP contribution < -0.4 is 10.2 Å². The third-order valence-corrected chi connectivity index (χ3v) is 5.70. The number of nitriles is 1. The number of halogens is 1. The predicted octanol–water partition coefficient (Wildman–Crippen LogP) is 3.99. The van der Waals surface area contributed by atoms with Crippen LogP contribution in [0.5, 0.6) is 0 Å². The van der Waals surface area contributed by atoms with Gasteiger partial charge < -0.3 is 15.1 Å². The average Bonchev–Trinajstić information content (AvgIpc) is 2.86. The maximum atomic E-state index is 13.7. The number of para-hydroxylation sites is 2. The SMILES string of the molecule is N#Cc1ccc(CN(Cc2cccc(F)c2)C(=O)CCC(=O)N2CC(=O)Nc3ccccc32)cc1. The van der Waals surface area contributed by atoms with Gasteiger partial charge >= 0.3 is 0 Å². The molecule has 0 unspecified atom stereocenters. The Bertz CT molecular complexity index is 1300. The van der Waals surface area contributed by atoms with Gasteiger partial charge in [-0.15, -0.1) is 0 Å². The van der Waals surface area contributed by atoms with Crippen LogP contribution in [0.25, 0.3) is 0 Å². The molecule has 0 saturated carbocycles. The lowest BCUT2D eigenvalue weighted by molar-refractivity contribution is -0.134. The molecular weight excluding hydrogens is 447 g/mol. The quantitative estimate of drug-likeness (QED) is 0.565. The molecule has 0 aromatic heterocycles. The molecule has 0 spiro atoms. The molecule has 0 radical (unpaired) electrons. The van der Waals surface area contributed by atoms with Crippen LogP contribution in [0, 0.1) is 17.1 Å². The Hall–Kier alpha value is -4.51. The van der Waals surface area contributed by atoms with E-state index in [0.717, 1.165) is 5.56 Å². The Morgan fingerprint density at radius 2 is 1.71 bits per heavy atom. The van der Waals surface area contributed by atoms with Crippen molar-refractivity contribution >= 4 is 29.1 Å². The largest absolute Gasteiger partial charge is 0.334 e. The number of hydrogen-bond donors (Lipinski definition) is 1. The molecule has 1 heterocycles. The second-order valence-corrected chi connectivity index (χ2v) is 8.23. The average molecular weight is 471 g/mol. The van der Waals surface area contributed by atoms with Gasteiger partial charge in [0.25, 0.3) is 0 Å². The summed E-state index contributed by atoms with van der Waals surface area (Å²) in [5, 5.41) is 11.8. The van der Waals surface area contributed by atoms with E-state index in [0.29, 0.717) is 22.5 Å². The minimum atomic E-state index is -0.398. The fraction of sp³-hybridized carbons (Fsp3) is 0.185. The lowest BCUT2D eigenvalue weighted by Gasteiger charge is -2.29. The molecular formula is C27H23FN4O3. The van der Waals surface area contributed by atoms with Crippen LogP contribution in [0.4, 0.5) is 15.8 Å². The summed E-state index contributed by atoms with van der Waals surface area (Å²) in [6.45, 7) is 0.298. The van der Waals surface area contributed by atoms with Gasteiger partial charge in [-0.25, -0.2) is 4.39 Å². The molecule has 0 saturated heterocycles. The van der Waals surface area contributed by atoms with E-state index < -0.39 is 5.82 Å². The number of fused-ring (bicyclic) bond motifs is 1. The first-order valence-corrected chi connectivity index (χ1v) is 11.1. The molecule has 35 heavy (non-hydrogen) atoms. The number of carbonyl (C=O) groups is 3. The smallest absolute Gasteiger partial charge is 0.244 e. The highest BCUT2D eigenvalue weighted by Crippen LogP contribution is 2.29. The maximum absolute atomic E-state index is 13.7. The molecule has 3 amide bonds. The molecule has 0 aliphatic carbocycles. The molecule has 3 aromatic carbocycles. The molecule has 3 aromatic rings. The van der Waals surface area contributed by atoms with Gasteiger partial charge in [0.05, 0.1) is 23.0 Å². The van der Waals surface area contributed by atoms with Gasteiger partial charge in [-0.05, 0) is 47.5 Å². The van der Waals surface area contributed by atoms with Crippen LogP contribution in [0.15, 0.2) is 72.8 Å². The molecule has 1 aliphatic rings. The van der Waals surface area contributed by atoms with Gasteiger partial charge in [0.1, 0.15) is 12.4 Å². The molecule has 8 heteroatoms. The molecule has 0 atom stereocenters. The lowest BCUT2D eigenvalue weighted by atomic mass is 10.1. The standard InChI is InChI=1S/C27H23FN4O3/c28-22-5-3-4-21(14-22)17-31(16-20-10-8-19(15-29)9-11-20)26(34)12-13-27(35)32-18-25(33)30-23-6-1-2-7-24(23)32/h1-11,14H,12-13,16-18H2,(H,30,33). The van der Waals surface area contributed by atoms with Crippen LogP contribution >= 0.6 is 0 Å². The summed E-state index contributed by atoms with van der Waals surface area (Å²) in [5.41, 5.74) is 3.09. The van der Waals surface area contributed by atoms with E-state index in [-0.39, 0.29) is 50.2 Å². The molecule has 7 nitrogen and oxygen atoms in total. The topological polar surface area (TPSA) is 93.5 Å². The van der Waals surface area contributed by atoms with Crippen molar-refractivity contribution in [2.75, 3.05) is 16.8 Å². The minimum Gasteiger partial charge on any atom is -0.334 e. The lowest BCUT2D eigenvalue weighted by Crippen LogP contribution is -2.42. The van der Waals surface area contributed by atoms with Crippen LogP contribution in [0.2, 0.25) is 0 Å². The van der Waals surface area contributed by atoms with Crippen LogP contribution in [0.1, 0.15) is 29.5 Å². The van der Waals surface area contributed by atoms with Crippen molar-refractivity contribution in [1.29, 1.82) is 5.26 Å². The van der Waals surface area contributed by atoms with Crippen molar-refractivity contribution in [2.24, 2.45) is 0 Å². The first kappa shape index (κ1) is 23.6. The third kappa shape index (κ3) is 5.89. The zero-order chi connectivity index (χ0) is 24.8. The highest BCUT2D eigenvalue weighted by Gasteiger charge is 2.27. The van der Waals surface area contributed by atoms with Crippen molar-refractivity contribution in [3.8, 4) is 6.07 Å². The van der Waals surface area contributed by atoms with Crippen LogP contribution in [-0.4, -0.2) is 29.2 Å². The summed E-state index contributed by atoms with van der Waals surface area (Å²) < 4.78 is 13.7. The zero-order valence-electron chi connectivity index (χ0n) is 18.9. The normalized spacial score (nSPS) is 12.3. The summed E-state index contributed by atoms with van der Waals surface area (Å²) in [6.07, 6.45) is -0.141. The number of rotatable bonds is 7. The Labute approximate surface area is 202 Å². The van der Waals surface area contributed by atoms with Crippen molar-refractivity contribution in [3.63, 3.8) is 0 Å². The summed E-state index contributed by atoms with van der Waals surface area (Å²) in [6, 6.07) is 21.9. The summed E-state index contributed by atoms with van der Waals surface area (Å²) in [4.78, 5) is 41.1. The maximum Gasteiger partial charge on any atom is 0.244 e. The van der Waals surface area contributed by atoms with Crippen molar-refractivity contribution in [3.05, 3.63) is 95.3 Å². The Kier molecular flexibility index (Phi) is 7.17. The predicted molar refractivity (Wildman–Crippen MR) is 128 cm³/mol. The number of benzene rings is 3. The van der Waals surface area contributed by atoms with Crippen molar-refractivity contribution < 1.29 is 18.8 Å². The zero-order valence-corrected chi connectivity index (χ0v) is 18.9. The van der Waals surface area contributed by atoms with Crippen LogP contribution in [0.3, 0.4) is 0 Å². The number of amides is 3. The summed E-state index contributed by atoms with van der Waals surface area (Å²) in [5.74, 6) is -1.30. The molecule has 4 rings (SSSR count). The molecule has 0 fully saturated rings. The highest BCUT2D eigenvalue weighted by molar-refractivity contribution is 6.10. The van der Waals surface area contributed by atoms with Crippen molar-refractivity contribution in [1.82, 2.24) is 4.90 Å². The van der Waals surface area contributed by atoms with E-state index in [1.54, 1.807) is 65.6 Å². The fourth-order valence-corrected chi connectivity index (χ4v) is 3.96. The summed E-state index contributed by atoms with van der Waals surface area (Å²) in [7, 11) is 0. The molecule has 1 aliphatic heterocycles. The van der Waals surface area contributed by atoms with E-state index in [4.69, 9.17) is 5.26 Å². The number of anilines is 2. The highest BCUT2D eigenvalue weighted by atomic mass is 19.1. The molecule has 1 N–H and O–H groups in total. The molecule has 0 bridgehead atoms. The Morgan fingerprint density at radius 1 is 0.971 bits per heavy atom. The second kappa shape index (κ2) is 10.6. The number of nitrogens with zero attached hydrogens (tertiary/aromatic N) is 3. The van der Waals surface area contributed by atoms with E-state index in [1.165, 1.54) is 17.0 Å². The van der Waals surface area contributed by atoms with Gasteiger partial charge in [-0.1, -0.05) is 36.4 Å². The van der Waals surface area contributed by atoms with Gasteiger partial charge in [0, 0.05) is 25.9 Å². The Balaban J connectivity index is 1.47. The first-order valence-electron chi connectivity index (χ1n) is 11.1. The fourth-order valence-electron chi connectivity index (χ4n) is 3.96. The number of carbonyl (C=O) groups excluding carboxylic acids is 3. The minimum absolute atomic E-state index is 0.0648. The van der Waals surface area contributed by atoms with E-state index >= 15 is 0 Å². The monoisotopic (exact) mass is 470 g/mol. The first-order chi connectivity index (χ1) is 16.9.